The molecule has 0 saturated carbocycles. The summed E-state index contributed by atoms with van der Waals surface area (Å²) in [5, 5.41) is 13.8. The molecule has 0 fully saturated rings. The summed E-state index contributed by atoms with van der Waals surface area (Å²) in [6, 6.07) is 12.4. The minimum atomic E-state index is -0.720. The van der Waals surface area contributed by atoms with Gasteiger partial charge in [0.2, 0.25) is 0 Å². The van der Waals surface area contributed by atoms with Gasteiger partial charge in [0, 0.05) is 24.5 Å². The van der Waals surface area contributed by atoms with E-state index in [9.17, 15) is 19.7 Å². The molecule has 1 aromatic carbocycles. The summed E-state index contributed by atoms with van der Waals surface area (Å²) in [7, 11) is 1.29. The second-order valence-corrected chi connectivity index (χ2v) is 8.10. The quantitative estimate of drug-likeness (QED) is 0.351. The Morgan fingerprint density at radius 3 is 2.71 bits per heavy atom. The Balaban J connectivity index is 1.57. The molecule has 160 valence electrons. The molecule has 9 nitrogen and oxygen atoms in total. The highest BCUT2D eigenvalue weighted by molar-refractivity contribution is 7.17. The van der Waals surface area contributed by atoms with Crippen LogP contribution in [-0.4, -0.2) is 35.4 Å². The number of fused-ring (bicyclic) bond motifs is 1. The molecule has 0 radical (unpaired) electrons. The first kappa shape index (κ1) is 20.8. The van der Waals surface area contributed by atoms with E-state index in [1.807, 2.05) is 18.2 Å². The zero-order valence-electron chi connectivity index (χ0n) is 16.6. The maximum atomic E-state index is 12.5. The van der Waals surface area contributed by atoms with Crippen LogP contribution in [0.5, 0.6) is 0 Å². The predicted octanol–water partition coefficient (Wildman–Crippen LogP) is 3.85. The van der Waals surface area contributed by atoms with Crippen molar-refractivity contribution in [1.82, 2.24) is 4.90 Å². The number of amides is 1. The van der Waals surface area contributed by atoms with E-state index < -0.39 is 22.7 Å². The lowest BCUT2D eigenvalue weighted by Gasteiger charge is -2.27. The number of carbonyl (C=O) groups is 2. The fraction of sp³-hybridized carbons (Fsp3) is 0.238. The van der Waals surface area contributed by atoms with Crippen molar-refractivity contribution < 1.29 is 23.7 Å². The van der Waals surface area contributed by atoms with Gasteiger partial charge in [-0.3, -0.25) is 19.8 Å². The van der Waals surface area contributed by atoms with Gasteiger partial charge >= 0.3 is 11.9 Å². The van der Waals surface area contributed by atoms with Crippen LogP contribution in [0.1, 0.15) is 36.9 Å². The molecule has 1 amide bonds. The third kappa shape index (κ3) is 4.35. The van der Waals surface area contributed by atoms with Crippen LogP contribution in [0.15, 0.2) is 46.9 Å². The van der Waals surface area contributed by atoms with Gasteiger partial charge in [-0.05, 0) is 23.6 Å². The van der Waals surface area contributed by atoms with Crippen molar-refractivity contribution in [3.8, 4) is 0 Å². The van der Waals surface area contributed by atoms with Crippen LogP contribution in [0.4, 0.5) is 10.9 Å². The fourth-order valence-electron chi connectivity index (χ4n) is 3.55. The number of methoxy groups -OCH3 is 1. The minimum Gasteiger partial charge on any atom is -0.465 e. The van der Waals surface area contributed by atoms with Crippen LogP contribution in [0, 0.1) is 10.1 Å². The predicted molar refractivity (Wildman–Crippen MR) is 113 cm³/mol. The highest BCUT2D eigenvalue weighted by Gasteiger charge is 2.30. The Labute approximate surface area is 181 Å². The summed E-state index contributed by atoms with van der Waals surface area (Å²) < 4.78 is 9.90. The molecule has 3 aromatic rings. The van der Waals surface area contributed by atoms with Crippen molar-refractivity contribution in [2.45, 2.75) is 19.5 Å². The van der Waals surface area contributed by atoms with E-state index in [2.05, 4.69) is 22.3 Å². The molecule has 0 atom stereocenters. The number of carbonyl (C=O) groups excluding carboxylic acids is 2. The zero-order chi connectivity index (χ0) is 22.0. The number of nitrogens with zero attached hydrogens (tertiary/aromatic N) is 2. The monoisotopic (exact) mass is 441 g/mol. The van der Waals surface area contributed by atoms with Crippen LogP contribution >= 0.6 is 11.3 Å². The fourth-order valence-corrected chi connectivity index (χ4v) is 4.82. The average Bonchev–Trinajstić information content (AvgIpc) is 3.39. The van der Waals surface area contributed by atoms with Crippen molar-refractivity contribution >= 4 is 34.1 Å². The van der Waals surface area contributed by atoms with Crippen molar-refractivity contribution in [3.63, 3.8) is 0 Å². The van der Waals surface area contributed by atoms with Gasteiger partial charge in [0.05, 0.1) is 18.7 Å². The summed E-state index contributed by atoms with van der Waals surface area (Å²) in [6.07, 6.45) is 0.644. The summed E-state index contributed by atoms with van der Waals surface area (Å²) in [6.45, 7) is 2.19. The first-order chi connectivity index (χ1) is 15.0. The first-order valence-corrected chi connectivity index (χ1v) is 10.3. The van der Waals surface area contributed by atoms with Crippen molar-refractivity contribution in [1.29, 1.82) is 0 Å². The Morgan fingerprint density at radius 2 is 2.03 bits per heavy atom. The molecule has 10 heteroatoms. The van der Waals surface area contributed by atoms with Crippen molar-refractivity contribution in [2.75, 3.05) is 19.0 Å². The number of furan rings is 1. The van der Waals surface area contributed by atoms with Gasteiger partial charge in [-0.1, -0.05) is 30.3 Å². The van der Waals surface area contributed by atoms with E-state index in [0.717, 1.165) is 29.6 Å². The number of hydrogen-bond acceptors (Lipinski definition) is 8. The van der Waals surface area contributed by atoms with Crippen LogP contribution in [0.3, 0.4) is 0 Å². The molecule has 1 aliphatic rings. The van der Waals surface area contributed by atoms with Crippen LogP contribution in [0.25, 0.3) is 0 Å². The summed E-state index contributed by atoms with van der Waals surface area (Å²) in [4.78, 5) is 38.3. The molecule has 0 spiro atoms. The van der Waals surface area contributed by atoms with Gasteiger partial charge in [-0.2, -0.15) is 0 Å². The molecule has 2 aromatic heterocycles. The second-order valence-electron chi connectivity index (χ2n) is 6.99. The van der Waals surface area contributed by atoms with Gasteiger partial charge in [0.25, 0.3) is 5.91 Å². The maximum Gasteiger partial charge on any atom is 0.433 e. The molecule has 0 saturated heterocycles. The van der Waals surface area contributed by atoms with E-state index in [4.69, 9.17) is 9.15 Å². The van der Waals surface area contributed by atoms with Gasteiger partial charge in [-0.25, -0.2) is 4.79 Å². The van der Waals surface area contributed by atoms with E-state index in [1.165, 1.54) is 30.1 Å². The third-order valence-electron chi connectivity index (χ3n) is 5.00. The summed E-state index contributed by atoms with van der Waals surface area (Å²) in [5.74, 6) is -1.94. The van der Waals surface area contributed by atoms with E-state index >= 15 is 0 Å². The highest BCUT2D eigenvalue weighted by Crippen LogP contribution is 2.38. The SMILES string of the molecule is COC(=O)c1c(NC(=O)c2ccc([N+](=O)[O-])o2)sc2c1CCN(Cc1ccccc1)C2. The number of nitrogens with one attached hydrogen (secondary N) is 1. The number of rotatable bonds is 6. The standard InChI is InChI=1S/C21H19N3O6S/c1-29-21(26)18-14-9-10-23(11-13-5-3-2-4-6-13)12-16(14)31-20(18)22-19(25)15-7-8-17(30-15)24(27)28/h2-8H,9-12H2,1H3,(H,22,25). The Kier molecular flexibility index (Phi) is 5.83. The van der Waals surface area contributed by atoms with E-state index in [0.29, 0.717) is 23.5 Å². The highest BCUT2D eigenvalue weighted by atomic mass is 32.1. The molecule has 4 rings (SSSR count). The molecule has 3 heterocycles. The topological polar surface area (TPSA) is 115 Å². The van der Waals surface area contributed by atoms with E-state index in [-0.39, 0.29) is 5.76 Å². The number of benzene rings is 1. The molecular weight excluding hydrogens is 422 g/mol. The molecule has 31 heavy (non-hydrogen) atoms. The second kappa shape index (κ2) is 8.70. The lowest BCUT2D eigenvalue weighted by atomic mass is 10.0. The number of anilines is 1. The number of esters is 1. The summed E-state index contributed by atoms with van der Waals surface area (Å²) >= 11 is 1.31. The Bertz CT molecular complexity index is 1140. The van der Waals surface area contributed by atoms with Crippen molar-refractivity contribution in [3.05, 3.63) is 79.9 Å². The molecule has 0 aliphatic carbocycles. The lowest BCUT2D eigenvalue weighted by Crippen LogP contribution is -2.29. The van der Waals surface area contributed by atoms with Crippen LogP contribution < -0.4 is 5.32 Å². The lowest BCUT2D eigenvalue weighted by molar-refractivity contribution is -0.402. The van der Waals surface area contributed by atoms with Crippen LogP contribution in [-0.2, 0) is 24.2 Å². The van der Waals surface area contributed by atoms with Gasteiger partial charge < -0.3 is 14.5 Å². The van der Waals surface area contributed by atoms with Gasteiger partial charge in [0.1, 0.15) is 9.92 Å². The number of nitro groups is 1. The average molecular weight is 441 g/mol. The maximum absolute atomic E-state index is 12.5. The number of ether oxygens (including phenoxy) is 1. The molecular formula is C21H19N3O6S. The Hall–Kier alpha value is -3.50. The molecule has 0 unspecified atom stereocenters. The minimum absolute atomic E-state index is 0.209. The first-order valence-electron chi connectivity index (χ1n) is 9.51. The Morgan fingerprint density at radius 1 is 1.26 bits per heavy atom. The van der Waals surface area contributed by atoms with Crippen LogP contribution in [0.2, 0.25) is 0 Å². The molecule has 0 bridgehead atoms. The molecule has 1 N–H and O–H groups in total. The van der Waals surface area contributed by atoms with Gasteiger partial charge in [-0.15, -0.1) is 11.3 Å². The summed E-state index contributed by atoms with van der Waals surface area (Å²) in [5.41, 5.74) is 2.39. The number of hydrogen-bond donors (Lipinski definition) is 1. The molecule has 1 aliphatic heterocycles. The van der Waals surface area contributed by atoms with Crippen molar-refractivity contribution in [2.24, 2.45) is 0 Å². The van der Waals surface area contributed by atoms with Gasteiger partial charge in [0.15, 0.2) is 5.76 Å². The third-order valence-corrected chi connectivity index (χ3v) is 6.13. The number of thiophene rings is 1. The largest absolute Gasteiger partial charge is 0.465 e. The zero-order valence-corrected chi connectivity index (χ0v) is 17.4. The normalized spacial score (nSPS) is 13.5. The van der Waals surface area contributed by atoms with E-state index in [1.54, 1.807) is 0 Å². The smallest absolute Gasteiger partial charge is 0.433 e.